The van der Waals surface area contributed by atoms with Crippen LogP contribution in [0.4, 0.5) is 0 Å². The molecule has 3 aromatic carbocycles. The van der Waals surface area contributed by atoms with E-state index in [0.29, 0.717) is 11.1 Å². The van der Waals surface area contributed by atoms with Crippen molar-refractivity contribution in [3.8, 4) is 16.9 Å². The molecule has 0 amide bonds. The molecule has 0 bridgehead atoms. The second-order valence-corrected chi connectivity index (χ2v) is 6.27. The highest BCUT2D eigenvalue weighted by Gasteiger charge is 2.15. The number of hydrogen-bond donors (Lipinski definition) is 1. The van der Waals surface area contributed by atoms with Gasteiger partial charge in [-0.15, -0.1) is 0 Å². The van der Waals surface area contributed by atoms with E-state index in [4.69, 9.17) is 9.15 Å². The van der Waals surface area contributed by atoms with E-state index in [0.717, 1.165) is 16.5 Å². The molecule has 138 valence electrons. The van der Waals surface area contributed by atoms with Gasteiger partial charge in [0, 0.05) is 5.39 Å². The van der Waals surface area contributed by atoms with Crippen LogP contribution in [0.2, 0.25) is 0 Å². The van der Waals surface area contributed by atoms with E-state index in [2.05, 4.69) is 0 Å². The summed E-state index contributed by atoms with van der Waals surface area (Å²) in [6.07, 6.45) is 0. The van der Waals surface area contributed by atoms with Crippen molar-refractivity contribution in [3.63, 3.8) is 0 Å². The van der Waals surface area contributed by atoms with Crippen LogP contribution in [0.1, 0.15) is 20.9 Å². The Bertz CT molecular complexity index is 1100. The highest BCUT2D eigenvalue weighted by molar-refractivity contribution is 6.00. The fraction of sp³-hybridized carbons (Fsp3) is 0.0435. The average molecular weight is 372 g/mol. The number of rotatable bonds is 5. The number of carbonyl (C=O) groups excluding carboxylic acids is 2. The lowest BCUT2D eigenvalue weighted by molar-refractivity contribution is 0.0468. The zero-order valence-electron chi connectivity index (χ0n) is 14.8. The Kier molecular flexibility index (Phi) is 4.64. The molecule has 1 aromatic heterocycles. The van der Waals surface area contributed by atoms with Gasteiger partial charge in [-0.3, -0.25) is 4.79 Å². The Morgan fingerprint density at radius 2 is 1.50 bits per heavy atom. The van der Waals surface area contributed by atoms with Crippen LogP contribution >= 0.6 is 0 Å². The number of Topliss-reactive ketones (excluding diaryl/α,β-unsaturated/α-hetero) is 1. The number of phenolic OH excluding ortho intramolecular Hbond substituents is 1. The molecule has 0 radical (unpaired) electrons. The van der Waals surface area contributed by atoms with Crippen molar-refractivity contribution >= 4 is 22.7 Å². The molecule has 4 rings (SSSR count). The number of aromatic hydroxyl groups is 1. The van der Waals surface area contributed by atoms with Crippen LogP contribution in [-0.2, 0) is 4.74 Å². The fourth-order valence-corrected chi connectivity index (χ4v) is 2.86. The van der Waals surface area contributed by atoms with Gasteiger partial charge >= 0.3 is 5.97 Å². The third-order valence-corrected chi connectivity index (χ3v) is 4.36. The van der Waals surface area contributed by atoms with Gasteiger partial charge in [-0.05, 0) is 47.5 Å². The Morgan fingerprint density at radius 1 is 0.857 bits per heavy atom. The van der Waals surface area contributed by atoms with Crippen LogP contribution in [0, 0.1) is 0 Å². The molecule has 5 nitrogen and oxygen atoms in total. The second-order valence-electron chi connectivity index (χ2n) is 6.27. The zero-order chi connectivity index (χ0) is 19.5. The summed E-state index contributed by atoms with van der Waals surface area (Å²) < 4.78 is 10.6. The summed E-state index contributed by atoms with van der Waals surface area (Å²) in [5, 5.41) is 10.2. The van der Waals surface area contributed by atoms with Gasteiger partial charge in [-0.1, -0.05) is 42.5 Å². The molecule has 0 saturated heterocycles. The molecule has 0 spiro atoms. The number of benzene rings is 3. The minimum absolute atomic E-state index is 0.164. The largest absolute Gasteiger partial charge is 0.508 e. The lowest BCUT2D eigenvalue weighted by atomic mass is 10.0. The number of hydrogen-bond acceptors (Lipinski definition) is 5. The van der Waals surface area contributed by atoms with Crippen LogP contribution in [0.3, 0.4) is 0 Å². The molecule has 0 aliphatic carbocycles. The van der Waals surface area contributed by atoms with Gasteiger partial charge in [0.25, 0.3) is 0 Å². The summed E-state index contributed by atoms with van der Waals surface area (Å²) in [6.45, 7) is -0.391. The van der Waals surface area contributed by atoms with E-state index in [1.165, 1.54) is 0 Å². The summed E-state index contributed by atoms with van der Waals surface area (Å²) in [4.78, 5) is 24.4. The first-order chi connectivity index (χ1) is 13.6. The third-order valence-electron chi connectivity index (χ3n) is 4.36. The first-order valence-corrected chi connectivity index (χ1v) is 8.68. The SMILES string of the molecule is O=C(OCC(=O)c1cc2ccccc2o1)c1ccc(-c2ccc(O)cc2)cc1. The molecule has 1 heterocycles. The van der Waals surface area contributed by atoms with Crippen LogP contribution in [0.15, 0.2) is 83.3 Å². The van der Waals surface area contributed by atoms with Crippen LogP contribution < -0.4 is 0 Å². The maximum Gasteiger partial charge on any atom is 0.338 e. The lowest BCUT2D eigenvalue weighted by Gasteiger charge is -2.05. The van der Waals surface area contributed by atoms with Crippen molar-refractivity contribution in [1.29, 1.82) is 0 Å². The standard InChI is InChI=1S/C23H16O5/c24-19-11-9-16(10-12-19)15-5-7-17(8-6-15)23(26)27-14-20(25)22-13-18-3-1-2-4-21(18)28-22/h1-13,24H,14H2. The van der Waals surface area contributed by atoms with Gasteiger partial charge in [0.2, 0.25) is 5.78 Å². The number of carbonyl (C=O) groups is 2. The van der Waals surface area contributed by atoms with Crippen LogP contribution in [0.5, 0.6) is 5.75 Å². The molecule has 0 saturated carbocycles. The van der Waals surface area contributed by atoms with Gasteiger partial charge in [0.15, 0.2) is 12.4 Å². The number of ether oxygens (including phenoxy) is 1. The van der Waals surface area contributed by atoms with Gasteiger partial charge in [0.05, 0.1) is 5.56 Å². The molecular weight excluding hydrogens is 356 g/mol. The number of phenols is 1. The number of furan rings is 1. The Morgan fingerprint density at radius 3 is 2.18 bits per heavy atom. The molecule has 0 unspecified atom stereocenters. The minimum atomic E-state index is -0.582. The first kappa shape index (κ1) is 17.5. The van der Waals surface area contributed by atoms with Gasteiger partial charge in [-0.25, -0.2) is 4.79 Å². The summed E-state index contributed by atoms with van der Waals surface area (Å²) in [5.74, 6) is -0.623. The third kappa shape index (κ3) is 3.64. The van der Waals surface area contributed by atoms with Crippen LogP contribution in [0.25, 0.3) is 22.1 Å². The minimum Gasteiger partial charge on any atom is -0.508 e. The van der Waals surface area contributed by atoms with E-state index >= 15 is 0 Å². The molecule has 4 aromatic rings. The smallest absolute Gasteiger partial charge is 0.338 e. The average Bonchev–Trinajstić information content (AvgIpc) is 3.17. The highest BCUT2D eigenvalue weighted by atomic mass is 16.5. The normalized spacial score (nSPS) is 10.7. The first-order valence-electron chi connectivity index (χ1n) is 8.68. The van der Waals surface area contributed by atoms with E-state index in [1.807, 2.05) is 18.2 Å². The van der Waals surface area contributed by atoms with E-state index < -0.39 is 18.4 Å². The molecule has 0 aliphatic heterocycles. The van der Waals surface area contributed by atoms with Gasteiger partial charge in [0.1, 0.15) is 11.3 Å². The van der Waals surface area contributed by atoms with Gasteiger partial charge in [-0.2, -0.15) is 0 Å². The Hall–Kier alpha value is -3.86. The van der Waals surface area contributed by atoms with Crippen molar-refractivity contribution in [2.45, 2.75) is 0 Å². The maximum absolute atomic E-state index is 12.2. The van der Waals surface area contributed by atoms with Crippen molar-refractivity contribution in [1.82, 2.24) is 0 Å². The van der Waals surface area contributed by atoms with Crippen LogP contribution in [-0.4, -0.2) is 23.5 Å². The Labute approximate surface area is 160 Å². The monoisotopic (exact) mass is 372 g/mol. The predicted octanol–water partition coefficient (Wildman–Crippen LogP) is 4.85. The van der Waals surface area contributed by atoms with Crippen molar-refractivity contribution in [2.75, 3.05) is 6.61 Å². The zero-order valence-corrected chi connectivity index (χ0v) is 14.8. The number of ketones is 1. The number of para-hydroxylation sites is 1. The molecule has 0 atom stereocenters. The topological polar surface area (TPSA) is 76.7 Å². The lowest BCUT2D eigenvalue weighted by Crippen LogP contribution is -2.13. The van der Waals surface area contributed by atoms with E-state index in [9.17, 15) is 14.7 Å². The number of fused-ring (bicyclic) bond motifs is 1. The fourth-order valence-electron chi connectivity index (χ4n) is 2.86. The van der Waals surface area contributed by atoms with Crippen molar-refractivity contribution in [2.24, 2.45) is 0 Å². The molecule has 5 heteroatoms. The quantitative estimate of drug-likeness (QED) is 0.400. The van der Waals surface area contributed by atoms with Gasteiger partial charge < -0.3 is 14.3 Å². The summed E-state index contributed by atoms with van der Waals surface area (Å²) in [7, 11) is 0. The predicted molar refractivity (Wildman–Crippen MR) is 104 cm³/mol. The molecule has 0 fully saturated rings. The van der Waals surface area contributed by atoms with E-state index in [-0.39, 0.29) is 11.5 Å². The number of esters is 1. The van der Waals surface area contributed by atoms with E-state index in [1.54, 1.807) is 60.7 Å². The second kappa shape index (κ2) is 7.40. The molecule has 1 N–H and O–H groups in total. The summed E-state index contributed by atoms with van der Waals surface area (Å²) >= 11 is 0. The van der Waals surface area contributed by atoms with Crippen molar-refractivity contribution in [3.05, 3.63) is 90.2 Å². The maximum atomic E-state index is 12.2. The summed E-state index contributed by atoms with van der Waals surface area (Å²) in [6, 6.07) is 22.5. The molecule has 0 aliphatic rings. The highest BCUT2D eigenvalue weighted by Crippen LogP contribution is 2.23. The Balaban J connectivity index is 1.40. The summed E-state index contributed by atoms with van der Waals surface area (Å²) in [5.41, 5.74) is 2.77. The molecular formula is C23H16O5. The molecule has 28 heavy (non-hydrogen) atoms. The van der Waals surface area contributed by atoms with Crippen molar-refractivity contribution < 1.29 is 23.8 Å².